The zero-order valence-corrected chi connectivity index (χ0v) is 13.7. The van der Waals surface area contributed by atoms with Gasteiger partial charge >= 0.3 is 0 Å². The Kier molecular flexibility index (Phi) is 5.52. The highest BCUT2D eigenvalue weighted by atomic mass is 35.5. The van der Waals surface area contributed by atoms with Crippen molar-refractivity contribution in [2.75, 3.05) is 19.0 Å². The molecule has 0 saturated carbocycles. The second-order valence-corrected chi connectivity index (χ2v) is 5.52. The van der Waals surface area contributed by atoms with Gasteiger partial charge in [-0.3, -0.25) is 4.79 Å². The highest BCUT2D eigenvalue weighted by Crippen LogP contribution is 2.28. The van der Waals surface area contributed by atoms with Crippen LogP contribution < -0.4 is 14.8 Å². The lowest BCUT2D eigenvalue weighted by molar-refractivity contribution is -0.118. The Labute approximate surface area is 138 Å². The third-order valence-electron chi connectivity index (χ3n) is 2.82. The molecule has 0 atom stereocenters. The van der Waals surface area contributed by atoms with Crippen LogP contribution in [0.15, 0.2) is 36.4 Å². The Hall–Kier alpha value is -1.91. The Morgan fingerprint density at radius 1 is 1.09 bits per heavy atom. The molecule has 2 aromatic carbocycles. The molecule has 2 aromatic rings. The number of hydrogen-bond acceptors (Lipinski definition) is 3. The number of aryl methyl sites for hydroxylation is 1. The summed E-state index contributed by atoms with van der Waals surface area (Å²) in [7, 11) is 1.55. The van der Waals surface area contributed by atoms with Crippen LogP contribution in [0.2, 0.25) is 10.0 Å². The largest absolute Gasteiger partial charge is 0.493 e. The van der Waals surface area contributed by atoms with Crippen LogP contribution in [0.25, 0.3) is 0 Å². The van der Waals surface area contributed by atoms with E-state index in [1.807, 2.05) is 19.1 Å². The first-order valence-corrected chi connectivity index (χ1v) is 7.27. The highest BCUT2D eigenvalue weighted by molar-refractivity contribution is 6.35. The Morgan fingerprint density at radius 2 is 1.77 bits per heavy atom. The molecular formula is C16H15Cl2NO3. The molecule has 1 N–H and O–H groups in total. The number of halogens is 2. The summed E-state index contributed by atoms with van der Waals surface area (Å²) >= 11 is 11.8. The number of anilines is 1. The zero-order chi connectivity index (χ0) is 16.1. The number of carbonyl (C=O) groups is 1. The summed E-state index contributed by atoms with van der Waals surface area (Å²) < 4.78 is 10.7. The lowest BCUT2D eigenvalue weighted by Gasteiger charge is -2.11. The predicted octanol–water partition coefficient (Wildman–Crippen LogP) is 4.33. The lowest BCUT2D eigenvalue weighted by atomic mass is 10.2. The van der Waals surface area contributed by atoms with Gasteiger partial charge in [-0.05, 0) is 42.8 Å². The number of amides is 1. The van der Waals surface area contributed by atoms with Crippen LogP contribution in [-0.2, 0) is 4.79 Å². The summed E-state index contributed by atoms with van der Waals surface area (Å²) in [6.07, 6.45) is 0. The number of benzene rings is 2. The van der Waals surface area contributed by atoms with E-state index in [2.05, 4.69) is 5.32 Å². The third-order valence-corrected chi connectivity index (χ3v) is 3.26. The van der Waals surface area contributed by atoms with E-state index in [1.165, 1.54) is 0 Å². The number of hydrogen-bond donors (Lipinski definition) is 1. The van der Waals surface area contributed by atoms with E-state index < -0.39 is 0 Å². The van der Waals surface area contributed by atoms with Crippen molar-refractivity contribution in [2.45, 2.75) is 6.92 Å². The maximum Gasteiger partial charge on any atom is 0.262 e. The van der Waals surface area contributed by atoms with Crippen LogP contribution in [0.5, 0.6) is 11.5 Å². The molecule has 0 heterocycles. The van der Waals surface area contributed by atoms with Crippen molar-refractivity contribution in [2.24, 2.45) is 0 Å². The van der Waals surface area contributed by atoms with Gasteiger partial charge in [-0.25, -0.2) is 0 Å². The van der Waals surface area contributed by atoms with Gasteiger partial charge in [0, 0.05) is 15.7 Å². The summed E-state index contributed by atoms with van der Waals surface area (Å²) in [5.41, 5.74) is 1.56. The SMILES string of the molecule is COc1cc(C)ccc1OCC(=O)Nc1cc(Cl)cc(Cl)c1. The van der Waals surface area contributed by atoms with Gasteiger partial charge in [0.1, 0.15) is 0 Å². The molecule has 0 aromatic heterocycles. The maximum absolute atomic E-state index is 11.9. The van der Waals surface area contributed by atoms with Crippen molar-refractivity contribution in [3.8, 4) is 11.5 Å². The Bertz CT molecular complexity index is 669. The smallest absolute Gasteiger partial charge is 0.262 e. The van der Waals surface area contributed by atoms with Crippen molar-refractivity contribution in [1.82, 2.24) is 0 Å². The maximum atomic E-state index is 11.9. The van der Waals surface area contributed by atoms with E-state index in [9.17, 15) is 4.79 Å². The average Bonchev–Trinajstić information content (AvgIpc) is 2.44. The molecule has 22 heavy (non-hydrogen) atoms. The van der Waals surface area contributed by atoms with E-state index >= 15 is 0 Å². The summed E-state index contributed by atoms with van der Waals surface area (Å²) in [5.74, 6) is 0.770. The fourth-order valence-corrected chi connectivity index (χ4v) is 2.39. The van der Waals surface area contributed by atoms with Crippen LogP contribution in [0.1, 0.15) is 5.56 Å². The molecule has 2 rings (SSSR count). The zero-order valence-electron chi connectivity index (χ0n) is 12.2. The predicted molar refractivity (Wildman–Crippen MR) is 88.3 cm³/mol. The van der Waals surface area contributed by atoms with E-state index in [-0.39, 0.29) is 12.5 Å². The van der Waals surface area contributed by atoms with Crippen molar-refractivity contribution >= 4 is 34.8 Å². The first-order valence-electron chi connectivity index (χ1n) is 6.51. The molecule has 0 radical (unpaired) electrons. The van der Waals surface area contributed by atoms with Crippen molar-refractivity contribution in [3.63, 3.8) is 0 Å². The molecule has 0 fully saturated rings. The van der Waals surface area contributed by atoms with Gasteiger partial charge in [-0.1, -0.05) is 29.3 Å². The fraction of sp³-hybridized carbons (Fsp3) is 0.188. The number of carbonyl (C=O) groups excluding carboxylic acids is 1. The van der Waals surface area contributed by atoms with E-state index in [4.69, 9.17) is 32.7 Å². The summed E-state index contributed by atoms with van der Waals surface area (Å²) in [6, 6.07) is 10.3. The molecule has 116 valence electrons. The quantitative estimate of drug-likeness (QED) is 0.881. The monoisotopic (exact) mass is 339 g/mol. The molecule has 0 saturated heterocycles. The number of nitrogens with one attached hydrogen (secondary N) is 1. The van der Waals surface area contributed by atoms with Crippen LogP contribution >= 0.6 is 23.2 Å². The molecule has 0 spiro atoms. The van der Waals surface area contributed by atoms with Gasteiger partial charge < -0.3 is 14.8 Å². The van der Waals surface area contributed by atoms with Crippen molar-refractivity contribution in [3.05, 3.63) is 52.0 Å². The van der Waals surface area contributed by atoms with Crippen LogP contribution in [0.3, 0.4) is 0 Å². The molecule has 4 nitrogen and oxygen atoms in total. The molecule has 6 heteroatoms. The van der Waals surface area contributed by atoms with E-state index in [0.29, 0.717) is 27.2 Å². The number of methoxy groups -OCH3 is 1. The minimum atomic E-state index is -0.319. The van der Waals surface area contributed by atoms with E-state index in [1.54, 1.807) is 31.4 Å². The van der Waals surface area contributed by atoms with Crippen molar-refractivity contribution in [1.29, 1.82) is 0 Å². The Morgan fingerprint density at radius 3 is 2.41 bits per heavy atom. The van der Waals surface area contributed by atoms with Gasteiger partial charge in [-0.2, -0.15) is 0 Å². The standard InChI is InChI=1S/C16H15Cl2NO3/c1-10-3-4-14(15(5-10)21-2)22-9-16(20)19-13-7-11(17)6-12(18)8-13/h3-8H,9H2,1-2H3,(H,19,20). The van der Waals surface area contributed by atoms with Gasteiger partial charge in [-0.15, -0.1) is 0 Å². The van der Waals surface area contributed by atoms with Crippen LogP contribution in [0.4, 0.5) is 5.69 Å². The number of ether oxygens (including phenoxy) is 2. The summed E-state index contributed by atoms with van der Waals surface area (Å²) in [4.78, 5) is 11.9. The van der Waals surface area contributed by atoms with Gasteiger partial charge in [0.15, 0.2) is 18.1 Å². The fourth-order valence-electron chi connectivity index (χ4n) is 1.86. The topological polar surface area (TPSA) is 47.6 Å². The molecular weight excluding hydrogens is 325 g/mol. The minimum Gasteiger partial charge on any atom is -0.493 e. The molecule has 1 amide bonds. The normalized spacial score (nSPS) is 10.2. The van der Waals surface area contributed by atoms with E-state index in [0.717, 1.165) is 5.56 Å². The molecule has 0 aliphatic rings. The highest BCUT2D eigenvalue weighted by Gasteiger charge is 2.09. The average molecular weight is 340 g/mol. The van der Waals surface area contributed by atoms with Crippen molar-refractivity contribution < 1.29 is 14.3 Å². The summed E-state index contributed by atoms with van der Waals surface area (Å²) in [6.45, 7) is 1.80. The molecule has 0 aliphatic carbocycles. The number of rotatable bonds is 5. The molecule has 0 bridgehead atoms. The second kappa shape index (κ2) is 7.38. The van der Waals surface area contributed by atoms with Crippen LogP contribution in [-0.4, -0.2) is 19.6 Å². The first-order chi connectivity index (χ1) is 10.5. The van der Waals surface area contributed by atoms with Gasteiger partial charge in [0.2, 0.25) is 0 Å². The lowest BCUT2D eigenvalue weighted by Crippen LogP contribution is -2.20. The third kappa shape index (κ3) is 4.55. The van der Waals surface area contributed by atoms with Gasteiger partial charge in [0.25, 0.3) is 5.91 Å². The second-order valence-electron chi connectivity index (χ2n) is 4.65. The summed E-state index contributed by atoms with van der Waals surface area (Å²) in [5, 5.41) is 3.57. The molecule has 0 unspecified atom stereocenters. The minimum absolute atomic E-state index is 0.149. The van der Waals surface area contributed by atoms with Gasteiger partial charge in [0.05, 0.1) is 7.11 Å². The Balaban J connectivity index is 1.98. The first kappa shape index (κ1) is 16.5. The molecule has 0 aliphatic heterocycles. The van der Waals surface area contributed by atoms with Crippen LogP contribution in [0, 0.1) is 6.92 Å².